The van der Waals surface area contributed by atoms with Crippen LogP contribution in [-0.2, 0) is 14.8 Å². The van der Waals surface area contributed by atoms with Gasteiger partial charge in [0.2, 0.25) is 10.0 Å². The highest BCUT2D eigenvalue weighted by molar-refractivity contribution is 7.89. The third-order valence-electron chi connectivity index (χ3n) is 2.44. The van der Waals surface area contributed by atoms with E-state index in [0.717, 1.165) is 0 Å². The van der Waals surface area contributed by atoms with Gasteiger partial charge < -0.3 is 14.2 Å². The molecule has 0 amide bonds. The zero-order chi connectivity index (χ0) is 14.5. The van der Waals surface area contributed by atoms with E-state index in [2.05, 4.69) is 4.72 Å². The summed E-state index contributed by atoms with van der Waals surface area (Å²) in [5.74, 6) is 0.844. The van der Waals surface area contributed by atoms with E-state index in [9.17, 15) is 8.42 Å². The van der Waals surface area contributed by atoms with E-state index in [1.54, 1.807) is 13.0 Å². The molecule has 0 fully saturated rings. The van der Waals surface area contributed by atoms with E-state index < -0.39 is 10.0 Å². The number of benzene rings is 1. The predicted molar refractivity (Wildman–Crippen MR) is 71.2 cm³/mol. The second-order valence-electron chi connectivity index (χ2n) is 3.99. The molecule has 7 heteroatoms. The highest BCUT2D eigenvalue weighted by Gasteiger charge is 2.19. The molecular formula is C12H19NO5S. The maximum atomic E-state index is 12.1. The highest BCUT2D eigenvalue weighted by atomic mass is 32.2. The fourth-order valence-electron chi connectivity index (χ4n) is 1.60. The minimum atomic E-state index is -3.60. The quantitative estimate of drug-likeness (QED) is 0.811. The Hall–Kier alpha value is -1.31. The van der Waals surface area contributed by atoms with Gasteiger partial charge in [-0.1, -0.05) is 0 Å². The van der Waals surface area contributed by atoms with Gasteiger partial charge in [-0.25, -0.2) is 13.1 Å². The third kappa shape index (κ3) is 4.09. The van der Waals surface area contributed by atoms with Crippen molar-refractivity contribution >= 4 is 10.0 Å². The monoisotopic (exact) mass is 289 g/mol. The molecule has 0 spiro atoms. The lowest BCUT2D eigenvalue weighted by Crippen LogP contribution is -2.35. The van der Waals surface area contributed by atoms with Crippen molar-refractivity contribution in [2.24, 2.45) is 0 Å². The summed E-state index contributed by atoms with van der Waals surface area (Å²) in [6, 6.07) is 4.11. The first-order valence-corrected chi connectivity index (χ1v) is 7.16. The van der Waals surface area contributed by atoms with Crippen LogP contribution in [-0.4, -0.2) is 42.4 Å². The second kappa shape index (κ2) is 6.74. The Morgan fingerprint density at radius 2 is 1.79 bits per heavy atom. The summed E-state index contributed by atoms with van der Waals surface area (Å²) in [7, 11) is 0.855. The molecule has 0 aliphatic heterocycles. The SMILES string of the molecule is COC[C@@H](C)NS(=O)(=O)c1ccc(OC)c(OC)c1. The summed E-state index contributed by atoms with van der Waals surface area (Å²) in [6.45, 7) is 2.02. The lowest BCUT2D eigenvalue weighted by molar-refractivity contribution is 0.180. The van der Waals surface area contributed by atoms with Gasteiger partial charge >= 0.3 is 0 Å². The lowest BCUT2D eigenvalue weighted by atomic mass is 10.3. The number of rotatable bonds is 7. The van der Waals surface area contributed by atoms with Crippen LogP contribution in [0.3, 0.4) is 0 Å². The van der Waals surface area contributed by atoms with Gasteiger partial charge in [-0.15, -0.1) is 0 Å². The molecule has 1 aromatic carbocycles. The van der Waals surface area contributed by atoms with Crippen molar-refractivity contribution in [2.45, 2.75) is 17.9 Å². The molecule has 19 heavy (non-hydrogen) atoms. The number of nitrogens with one attached hydrogen (secondary N) is 1. The van der Waals surface area contributed by atoms with E-state index in [-0.39, 0.29) is 10.9 Å². The van der Waals surface area contributed by atoms with Gasteiger partial charge in [0.15, 0.2) is 11.5 Å². The van der Waals surface area contributed by atoms with Gasteiger partial charge in [0.1, 0.15) is 0 Å². The molecule has 108 valence electrons. The van der Waals surface area contributed by atoms with Crippen molar-refractivity contribution in [1.82, 2.24) is 4.72 Å². The Bertz CT molecular complexity index is 515. The normalized spacial score (nSPS) is 13.1. The van der Waals surface area contributed by atoms with Crippen LogP contribution in [0.5, 0.6) is 11.5 Å². The molecule has 6 nitrogen and oxygen atoms in total. The van der Waals surface area contributed by atoms with Gasteiger partial charge in [0.05, 0.1) is 25.7 Å². The maximum absolute atomic E-state index is 12.1. The lowest BCUT2D eigenvalue weighted by Gasteiger charge is -2.14. The molecule has 1 rings (SSSR count). The molecule has 0 saturated heterocycles. The largest absolute Gasteiger partial charge is 0.493 e. The van der Waals surface area contributed by atoms with E-state index in [4.69, 9.17) is 14.2 Å². The van der Waals surface area contributed by atoms with Gasteiger partial charge in [-0.2, -0.15) is 0 Å². The van der Waals surface area contributed by atoms with Crippen molar-refractivity contribution < 1.29 is 22.6 Å². The topological polar surface area (TPSA) is 73.9 Å². The Kier molecular flexibility index (Phi) is 5.59. The number of methoxy groups -OCH3 is 3. The van der Waals surface area contributed by atoms with E-state index in [1.165, 1.54) is 33.5 Å². The smallest absolute Gasteiger partial charge is 0.241 e. The molecular weight excluding hydrogens is 270 g/mol. The van der Waals surface area contributed by atoms with Gasteiger partial charge in [0, 0.05) is 19.2 Å². The Morgan fingerprint density at radius 3 is 2.32 bits per heavy atom. The number of hydrogen-bond acceptors (Lipinski definition) is 5. The fourth-order valence-corrected chi connectivity index (χ4v) is 2.84. The fraction of sp³-hybridized carbons (Fsp3) is 0.500. The van der Waals surface area contributed by atoms with Crippen LogP contribution < -0.4 is 14.2 Å². The van der Waals surface area contributed by atoms with Gasteiger partial charge in [-0.3, -0.25) is 0 Å². The van der Waals surface area contributed by atoms with Crippen molar-refractivity contribution in [3.8, 4) is 11.5 Å². The second-order valence-corrected chi connectivity index (χ2v) is 5.71. The predicted octanol–water partition coefficient (Wildman–Crippen LogP) is 1.02. The highest BCUT2D eigenvalue weighted by Crippen LogP contribution is 2.29. The van der Waals surface area contributed by atoms with Crippen LogP contribution in [0.25, 0.3) is 0 Å². The summed E-state index contributed by atoms with van der Waals surface area (Å²) < 4.78 is 41.8. The van der Waals surface area contributed by atoms with Crippen molar-refractivity contribution in [2.75, 3.05) is 27.9 Å². The minimum absolute atomic E-state index is 0.119. The van der Waals surface area contributed by atoms with Crippen molar-refractivity contribution in [1.29, 1.82) is 0 Å². The Balaban J connectivity index is 3.01. The summed E-state index contributed by atoms with van der Waals surface area (Å²) >= 11 is 0. The summed E-state index contributed by atoms with van der Waals surface area (Å²) in [6.07, 6.45) is 0. The van der Waals surface area contributed by atoms with Crippen LogP contribution in [0.1, 0.15) is 6.92 Å². The maximum Gasteiger partial charge on any atom is 0.241 e. The zero-order valence-corrected chi connectivity index (χ0v) is 12.3. The molecule has 0 aliphatic carbocycles. The van der Waals surface area contributed by atoms with Crippen LogP contribution in [0.15, 0.2) is 23.1 Å². The summed E-state index contributed by atoms with van der Waals surface area (Å²) in [5, 5.41) is 0. The van der Waals surface area contributed by atoms with Gasteiger partial charge in [-0.05, 0) is 19.1 Å². The van der Waals surface area contributed by atoms with Gasteiger partial charge in [0.25, 0.3) is 0 Å². The summed E-state index contributed by atoms with van der Waals surface area (Å²) in [5.41, 5.74) is 0. The standard InChI is InChI=1S/C12H19NO5S/c1-9(8-16-2)13-19(14,15)10-5-6-11(17-3)12(7-10)18-4/h5-7,9,13H,8H2,1-4H3/t9-/m1/s1. The third-order valence-corrected chi connectivity index (χ3v) is 4.03. The average molecular weight is 289 g/mol. The molecule has 0 unspecified atom stereocenters. The van der Waals surface area contributed by atoms with E-state index in [1.807, 2.05) is 0 Å². The van der Waals surface area contributed by atoms with Crippen molar-refractivity contribution in [3.05, 3.63) is 18.2 Å². The molecule has 0 aliphatic rings. The molecule has 0 radical (unpaired) electrons. The number of hydrogen-bond donors (Lipinski definition) is 1. The van der Waals surface area contributed by atoms with Crippen LogP contribution in [0, 0.1) is 0 Å². The van der Waals surface area contributed by atoms with Crippen LogP contribution in [0.4, 0.5) is 0 Å². The molecule has 0 heterocycles. The first-order valence-electron chi connectivity index (χ1n) is 5.68. The molecule has 1 N–H and O–H groups in total. The molecule has 1 atom stereocenters. The van der Waals surface area contributed by atoms with E-state index >= 15 is 0 Å². The van der Waals surface area contributed by atoms with Crippen LogP contribution >= 0.6 is 0 Å². The van der Waals surface area contributed by atoms with Crippen molar-refractivity contribution in [3.63, 3.8) is 0 Å². The van der Waals surface area contributed by atoms with E-state index in [0.29, 0.717) is 18.1 Å². The first-order chi connectivity index (χ1) is 8.94. The Morgan fingerprint density at radius 1 is 1.16 bits per heavy atom. The first kappa shape index (κ1) is 15.7. The van der Waals surface area contributed by atoms with Crippen LogP contribution in [0.2, 0.25) is 0 Å². The number of ether oxygens (including phenoxy) is 3. The molecule has 0 aromatic heterocycles. The number of sulfonamides is 1. The molecule has 0 saturated carbocycles. The molecule has 1 aromatic rings. The average Bonchev–Trinajstić information content (AvgIpc) is 2.37. The Labute approximate surface area is 113 Å². The minimum Gasteiger partial charge on any atom is -0.493 e. The molecule has 0 bridgehead atoms. The summed E-state index contributed by atoms with van der Waals surface area (Å²) in [4.78, 5) is 0.119. The zero-order valence-electron chi connectivity index (χ0n) is 11.5.